The van der Waals surface area contributed by atoms with Crippen molar-refractivity contribution in [3.63, 3.8) is 0 Å². The first-order chi connectivity index (χ1) is 17.6. The number of nitrogens with zero attached hydrogens (tertiary/aromatic N) is 3. The Labute approximate surface area is 228 Å². The molecule has 0 bridgehead atoms. The van der Waals surface area contributed by atoms with Gasteiger partial charge in [-0.2, -0.15) is 26.3 Å². The zero-order chi connectivity index (χ0) is 28.4. The second-order valence-corrected chi connectivity index (χ2v) is 9.61. The normalized spacial score (nSPS) is 18.2. The van der Waals surface area contributed by atoms with Crippen molar-refractivity contribution in [1.29, 1.82) is 0 Å². The van der Waals surface area contributed by atoms with E-state index < -0.39 is 54.6 Å². The van der Waals surface area contributed by atoms with Crippen LogP contribution >= 0.6 is 12.4 Å². The molecule has 3 rings (SSSR count). The topological polar surface area (TPSA) is 26.8 Å². The van der Waals surface area contributed by atoms with Gasteiger partial charge in [0.2, 0.25) is 0 Å². The van der Waals surface area contributed by atoms with Crippen molar-refractivity contribution in [3.05, 3.63) is 70.0 Å². The van der Waals surface area contributed by atoms with E-state index >= 15 is 0 Å². The Kier molecular flexibility index (Phi) is 10.6. The minimum atomic E-state index is -5.00. The van der Waals surface area contributed by atoms with Crippen LogP contribution in [0.2, 0.25) is 0 Å². The van der Waals surface area contributed by atoms with Crippen LogP contribution in [0, 0.1) is 12.7 Å². The Balaban J connectivity index is 0.00000533. The number of hydrogen-bond donors (Lipinski definition) is 0. The summed E-state index contributed by atoms with van der Waals surface area (Å²) < 4.78 is 106. The lowest BCUT2D eigenvalue weighted by atomic mass is 9.89. The smallest absolute Gasteiger partial charge is 0.323 e. The second kappa shape index (κ2) is 12.7. The van der Waals surface area contributed by atoms with Crippen molar-refractivity contribution in [2.24, 2.45) is 0 Å². The number of likely N-dealkylation sites (tertiary alicyclic amines) is 1. The van der Waals surface area contributed by atoms with Gasteiger partial charge in [-0.05, 0) is 73.8 Å². The summed E-state index contributed by atoms with van der Waals surface area (Å²) >= 11 is 0. The first-order valence-electron chi connectivity index (χ1n) is 11.9. The average molecular weight is 588 g/mol. The summed E-state index contributed by atoms with van der Waals surface area (Å²) in [5.74, 6) is -0.465. The lowest BCUT2D eigenvalue weighted by molar-refractivity contribution is -0.143. The predicted molar refractivity (Wildman–Crippen MR) is 133 cm³/mol. The minimum absolute atomic E-state index is 0. The molecule has 2 aromatic rings. The molecule has 0 aliphatic carbocycles. The number of rotatable bonds is 6. The number of urea groups is 1. The van der Waals surface area contributed by atoms with E-state index in [0.717, 1.165) is 4.90 Å². The lowest BCUT2D eigenvalue weighted by Crippen LogP contribution is -2.51. The third-order valence-electron chi connectivity index (χ3n) is 6.87. The highest BCUT2D eigenvalue weighted by molar-refractivity contribution is 5.85. The highest BCUT2D eigenvalue weighted by Crippen LogP contribution is 2.38. The molecule has 2 amide bonds. The molecule has 2 atom stereocenters. The summed E-state index contributed by atoms with van der Waals surface area (Å²) in [6, 6.07) is 4.11. The number of benzene rings is 2. The fraction of sp³-hybridized carbons (Fsp3) is 0.500. The molecule has 0 radical (unpaired) electrons. The molecule has 1 aliphatic heterocycles. The van der Waals surface area contributed by atoms with E-state index in [-0.39, 0.29) is 43.2 Å². The maximum atomic E-state index is 13.8. The van der Waals surface area contributed by atoms with Gasteiger partial charge >= 0.3 is 18.4 Å². The molecule has 1 aliphatic rings. The van der Waals surface area contributed by atoms with E-state index in [2.05, 4.69) is 0 Å². The summed E-state index contributed by atoms with van der Waals surface area (Å²) in [5.41, 5.74) is -2.00. The Morgan fingerprint density at radius 2 is 1.59 bits per heavy atom. The molecule has 39 heavy (non-hydrogen) atoms. The second-order valence-electron chi connectivity index (χ2n) is 9.61. The Hall–Kier alpha value is -2.60. The maximum Gasteiger partial charge on any atom is 0.416 e. The van der Waals surface area contributed by atoms with Crippen LogP contribution in [-0.2, 0) is 18.9 Å². The monoisotopic (exact) mass is 587 g/mol. The largest absolute Gasteiger partial charge is 0.416 e. The van der Waals surface area contributed by atoms with Crippen LogP contribution in [0.4, 0.5) is 39.9 Å². The molecule has 2 aromatic carbocycles. The van der Waals surface area contributed by atoms with Crippen LogP contribution in [0.3, 0.4) is 0 Å². The summed E-state index contributed by atoms with van der Waals surface area (Å²) in [7, 11) is 3.06. The van der Waals surface area contributed by atoms with Gasteiger partial charge in [-0.1, -0.05) is 6.07 Å². The number of carbonyl (C=O) groups is 1. The van der Waals surface area contributed by atoms with Crippen molar-refractivity contribution in [2.75, 3.05) is 33.9 Å². The molecule has 0 unspecified atom stereocenters. The molecule has 218 valence electrons. The van der Waals surface area contributed by atoms with Crippen LogP contribution in [0.15, 0.2) is 36.4 Å². The fourth-order valence-electron chi connectivity index (χ4n) is 4.87. The van der Waals surface area contributed by atoms with Crippen molar-refractivity contribution < 1.29 is 39.9 Å². The van der Waals surface area contributed by atoms with Gasteiger partial charge in [-0.15, -0.1) is 12.4 Å². The number of amides is 2. The van der Waals surface area contributed by atoms with Crippen LogP contribution in [0.5, 0.6) is 0 Å². The minimum Gasteiger partial charge on any atom is -0.323 e. The lowest BCUT2D eigenvalue weighted by Gasteiger charge is -2.44. The van der Waals surface area contributed by atoms with E-state index in [1.807, 2.05) is 4.90 Å². The average Bonchev–Trinajstić information content (AvgIpc) is 2.82. The van der Waals surface area contributed by atoms with E-state index in [4.69, 9.17) is 0 Å². The van der Waals surface area contributed by atoms with Gasteiger partial charge in [-0.3, -0.25) is 0 Å². The molecule has 1 heterocycles. The first-order valence-corrected chi connectivity index (χ1v) is 11.9. The number of hydrogen-bond acceptors (Lipinski definition) is 2. The van der Waals surface area contributed by atoms with E-state index in [0.29, 0.717) is 36.1 Å². The Bertz CT molecular complexity index is 1110. The molecule has 1 saturated heterocycles. The quantitative estimate of drug-likeness (QED) is 0.333. The number of aryl methyl sites for hydroxylation is 1. The van der Waals surface area contributed by atoms with Gasteiger partial charge in [0.15, 0.2) is 0 Å². The molecule has 0 saturated carbocycles. The number of piperidine rings is 1. The van der Waals surface area contributed by atoms with Crippen LogP contribution in [0.25, 0.3) is 0 Å². The highest BCUT2D eigenvalue weighted by atomic mass is 35.5. The molecule has 0 aromatic heterocycles. The van der Waals surface area contributed by atoms with Gasteiger partial charge in [-0.25, -0.2) is 13.6 Å². The van der Waals surface area contributed by atoms with Gasteiger partial charge in [0.25, 0.3) is 0 Å². The molecular weight excluding hydrogens is 558 g/mol. The Morgan fingerprint density at radius 1 is 1.00 bits per heavy atom. The van der Waals surface area contributed by atoms with Crippen LogP contribution in [0.1, 0.15) is 46.7 Å². The summed E-state index contributed by atoms with van der Waals surface area (Å²) in [5, 5.41) is 0. The van der Waals surface area contributed by atoms with Crippen LogP contribution in [-0.4, -0.2) is 60.6 Å². The summed E-state index contributed by atoms with van der Waals surface area (Å²) in [4.78, 5) is 17.9. The summed E-state index contributed by atoms with van der Waals surface area (Å²) in [6.45, 7) is 1.02. The van der Waals surface area contributed by atoms with Gasteiger partial charge in [0.05, 0.1) is 17.2 Å². The number of halogens is 9. The molecule has 4 nitrogen and oxygen atoms in total. The SMILES string of the molecule is Cc1cc(F)ccc1[C@H]1C[C@@H](N(C)CCF)CCN1C(=O)N(C)Cc1cc(C(F)(F)F)cc(C(F)(F)F)c1.Cl. The fourth-order valence-corrected chi connectivity index (χ4v) is 4.87. The zero-order valence-corrected chi connectivity index (χ0v) is 22.4. The molecule has 0 spiro atoms. The van der Waals surface area contributed by atoms with Gasteiger partial charge in [0.1, 0.15) is 12.5 Å². The first kappa shape index (κ1) is 32.6. The molecule has 13 heteroatoms. The highest BCUT2D eigenvalue weighted by Gasteiger charge is 2.38. The maximum absolute atomic E-state index is 13.8. The van der Waals surface area contributed by atoms with Crippen molar-refractivity contribution >= 4 is 18.4 Å². The van der Waals surface area contributed by atoms with Crippen molar-refractivity contribution in [2.45, 2.75) is 50.7 Å². The zero-order valence-electron chi connectivity index (χ0n) is 21.5. The van der Waals surface area contributed by atoms with E-state index in [1.54, 1.807) is 20.0 Å². The van der Waals surface area contributed by atoms with Crippen molar-refractivity contribution in [1.82, 2.24) is 14.7 Å². The van der Waals surface area contributed by atoms with E-state index in [9.17, 15) is 39.9 Å². The molecular formula is C26H30ClF8N3O. The third-order valence-corrected chi connectivity index (χ3v) is 6.87. The van der Waals surface area contributed by atoms with E-state index in [1.165, 1.54) is 24.1 Å². The number of alkyl halides is 7. The molecule has 1 fully saturated rings. The van der Waals surface area contributed by atoms with Crippen LogP contribution < -0.4 is 0 Å². The standard InChI is InChI=1S/C26H29F8N3O.ClH/c1-16-10-20(28)4-5-22(16)23-14-21(35(2)9-7-27)6-8-37(23)24(38)36(3)15-17-11-18(25(29,30)31)13-19(12-17)26(32,33)34;/h4-5,10-13,21,23H,6-9,14-15H2,1-3H3;1H/t21-,23+;/m0./s1. The Morgan fingerprint density at radius 3 is 2.10 bits per heavy atom. The molecule has 0 N–H and O–H groups in total. The summed E-state index contributed by atoms with van der Waals surface area (Å²) in [6.07, 6.45) is -9.13. The van der Waals surface area contributed by atoms with Crippen molar-refractivity contribution in [3.8, 4) is 0 Å². The van der Waals surface area contributed by atoms with Gasteiger partial charge in [0, 0.05) is 32.7 Å². The third kappa shape index (κ3) is 7.97. The predicted octanol–water partition coefficient (Wildman–Crippen LogP) is 7.25. The van der Waals surface area contributed by atoms with Gasteiger partial charge < -0.3 is 14.7 Å². The number of carbonyl (C=O) groups excluding carboxylic acids is 1.